The molecule has 0 spiro atoms. The summed E-state index contributed by atoms with van der Waals surface area (Å²) < 4.78 is 11.7. The van der Waals surface area contributed by atoms with Crippen molar-refractivity contribution >= 4 is 5.97 Å². The van der Waals surface area contributed by atoms with Gasteiger partial charge in [0.1, 0.15) is 6.10 Å². The van der Waals surface area contributed by atoms with E-state index in [9.17, 15) is 4.79 Å². The molecule has 0 N–H and O–H groups in total. The fraction of sp³-hybridized carbons (Fsp3) is 0.381. The Labute approximate surface area is 142 Å². The molecule has 0 aromatic heterocycles. The summed E-state index contributed by atoms with van der Waals surface area (Å²) in [5, 5.41) is 0. The molecule has 3 heteroatoms. The molecular weight excluding hydrogens is 300 g/mol. The van der Waals surface area contributed by atoms with Crippen molar-refractivity contribution < 1.29 is 14.3 Å². The van der Waals surface area contributed by atoms with E-state index in [1.54, 1.807) is 0 Å². The predicted octanol–water partition coefficient (Wildman–Crippen LogP) is 4.12. The number of carbonyl (C=O) groups excluding carboxylic acids is 1. The van der Waals surface area contributed by atoms with Crippen molar-refractivity contribution in [1.82, 2.24) is 0 Å². The summed E-state index contributed by atoms with van der Waals surface area (Å²) in [6.07, 6.45) is 3.75. The maximum atomic E-state index is 12.6. The molecule has 4 rings (SSSR count). The lowest BCUT2D eigenvalue weighted by Crippen LogP contribution is -2.25. The van der Waals surface area contributed by atoms with Crippen molar-refractivity contribution in [2.45, 2.75) is 50.4 Å². The molecule has 3 nitrogen and oxygen atoms in total. The lowest BCUT2D eigenvalue weighted by Gasteiger charge is -2.15. The second-order valence-electron chi connectivity index (χ2n) is 6.81. The van der Waals surface area contributed by atoms with Crippen molar-refractivity contribution in [3.8, 4) is 0 Å². The summed E-state index contributed by atoms with van der Waals surface area (Å²) >= 11 is 0. The molecule has 24 heavy (non-hydrogen) atoms. The van der Waals surface area contributed by atoms with Crippen LogP contribution >= 0.6 is 0 Å². The average molecular weight is 322 g/mol. The molecule has 1 saturated heterocycles. The number of hydrogen-bond donors (Lipinski definition) is 0. The molecular formula is C21H22O3. The van der Waals surface area contributed by atoms with Gasteiger partial charge in [0.05, 0.1) is 0 Å². The van der Waals surface area contributed by atoms with Crippen LogP contribution in [0.5, 0.6) is 0 Å². The van der Waals surface area contributed by atoms with E-state index >= 15 is 0 Å². The maximum Gasteiger partial charge on any atom is 0.339 e. The number of benzene rings is 2. The smallest absolute Gasteiger partial charge is 0.339 e. The van der Waals surface area contributed by atoms with E-state index in [1.165, 1.54) is 5.56 Å². The predicted molar refractivity (Wildman–Crippen MR) is 91.6 cm³/mol. The topological polar surface area (TPSA) is 38.8 Å². The first kappa shape index (κ1) is 15.4. The van der Waals surface area contributed by atoms with E-state index in [4.69, 9.17) is 9.47 Å². The lowest BCUT2D eigenvalue weighted by atomic mass is 9.87. The first-order valence-electron chi connectivity index (χ1n) is 8.71. The highest BCUT2D eigenvalue weighted by atomic mass is 16.7. The summed E-state index contributed by atoms with van der Waals surface area (Å²) in [7, 11) is 0. The normalized spacial score (nSPS) is 26.3. The fourth-order valence-corrected chi connectivity index (χ4v) is 3.69. The first-order valence-corrected chi connectivity index (χ1v) is 8.71. The molecule has 0 radical (unpaired) electrons. The Bertz CT molecular complexity index is 717. The average Bonchev–Trinajstić information content (AvgIpc) is 3.18. The molecule has 0 bridgehead atoms. The van der Waals surface area contributed by atoms with Crippen LogP contribution in [0.3, 0.4) is 0 Å². The van der Waals surface area contributed by atoms with Crippen molar-refractivity contribution in [1.29, 1.82) is 0 Å². The molecule has 1 saturated carbocycles. The molecule has 124 valence electrons. The molecule has 2 aromatic rings. The maximum absolute atomic E-state index is 12.6. The Morgan fingerprint density at radius 1 is 1.00 bits per heavy atom. The largest absolute Gasteiger partial charge is 0.460 e. The summed E-state index contributed by atoms with van der Waals surface area (Å²) in [4.78, 5) is 12.6. The summed E-state index contributed by atoms with van der Waals surface area (Å²) in [6, 6.07) is 18.2. The Morgan fingerprint density at radius 2 is 1.62 bits per heavy atom. The Hall–Kier alpha value is -2.13. The van der Waals surface area contributed by atoms with Gasteiger partial charge in [-0.3, -0.25) is 0 Å². The van der Waals surface area contributed by atoms with E-state index < -0.39 is 11.7 Å². The molecule has 2 atom stereocenters. The fourth-order valence-electron chi connectivity index (χ4n) is 3.69. The van der Waals surface area contributed by atoms with Gasteiger partial charge in [0.15, 0.2) is 11.7 Å². The van der Waals surface area contributed by atoms with Crippen LogP contribution in [0.15, 0.2) is 54.6 Å². The number of ether oxygens (including phenoxy) is 2. The lowest BCUT2D eigenvalue weighted by molar-refractivity contribution is -0.150. The number of hydrogen-bond acceptors (Lipinski definition) is 3. The minimum atomic E-state index is -0.704. The highest BCUT2D eigenvalue weighted by molar-refractivity contribution is 5.82. The van der Waals surface area contributed by atoms with Crippen LogP contribution in [-0.4, -0.2) is 18.2 Å². The number of aryl methyl sites for hydroxylation is 1. The third-order valence-electron chi connectivity index (χ3n) is 5.10. The van der Waals surface area contributed by atoms with Crippen LogP contribution in [0.4, 0.5) is 0 Å². The standard InChI is InChI=1S/C21H22O3/c1-15-11-13-17(14-12-15)21(16-7-3-2-4-8-16)19(24-21)20(22)23-18-9-5-6-10-18/h2-4,7-8,11-14,18-19H,5-6,9-10H2,1H3. The molecule has 2 fully saturated rings. The van der Waals surface area contributed by atoms with Crippen LogP contribution in [-0.2, 0) is 19.9 Å². The molecule has 0 amide bonds. The van der Waals surface area contributed by atoms with Gasteiger partial charge in [0, 0.05) is 0 Å². The zero-order valence-corrected chi connectivity index (χ0v) is 13.9. The van der Waals surface area contributed by atoms with E-state index in [0.717, 1.165) is 36.8 Å². The van der Waals surface area contributed by atoms with Crippen LogP contribution in [0.2, 0.25) is 0 Å². The number of esters is 1. The van der Waals surface area contributed by atoms with Gasteiger partial charge >= 0.3 is 5.97 Å². The minimum absolute atomic E-state index is 0.0631. The van der Waals surface area contributed by atoms with Crippen molar-refractivity contribution in [2.75, 3.05) is 0 Å². The SMILES string of the molecule is Cc1ccc(C2(c3ccccc3)OC2C(=O)OC2CCCC2)cc1. The van der Waals surface area contributed by atoms with Gasteiger partial charge in [0.2, 0.25) is 0 Å². The number of carbonyl (C=O) groups is 1. The zero-order valence-electron chi connectivity index (χ0n) is 13.9. The van der Waals surface area contributed by atoms with Crippen LogP contribution in [0.1, 0.15) is 42.4 Å². The van der Waals surface area contributed by atoms with Crippen molar-refractivity contribution in [3.05, 3.63) is 71.3 Å². The molecule has 2 unspecified atom stereocenters. The number of rotatable bonds is 4. The van der Waals surface area contributed by atoms with Crippen LogP contribution in [0, 0.1) is 6.92 Å². The Balaban J connectivity index is 1.64. The van der Waals surface area contributed by atoms with Gasteiger partial charge < -0.3 is 9.47 Å². The summed E-state index contributed by atoms with van der Waals surface area (Å²) in [5.74, 6) is -0.230. The minimum Gasteiger partial charge on any atom is -0.460 e. The highest BCUT2D eigenvalue weighted by Crippen LogP contribution is 2.52. The van der Waals surface area contributed by atoms with Gasteiger partial charge in [-0.05, 0) is 43.7 Å². The third kappa shape index (κ3) is 2.63. The van der Waals surface area contributed by atoms with E-state index in [0.29, 0.717) is 0 Å². The summed E-state index contributed by atoms with van der Waals surface area (Å²) in [6.45, 7) is 2.05. The van der Waals surface area contributed by atoms with Gasteiger partial charge in [-0.15, -0.1) is 0 Å². The molecule has 2 aromatic carbocycles. The third-order valence-corrected chi connectivity index (χ3v) is 5.10. The van der Waals surface area contributed by atoms with E-state index in [2.05, 4.69) is 19.1 Å². The van der Waals surface area contributed by atoms with Gasteiger partial charge in [-0.1, -0.05) is 60.2 Å². The van der Waals surface area contributed by atoms with E-state index in [1.807, 2.05) is 42.5 Å². The Kier molecular flexibility index (Phi) is 3.89. The molecule has 1 heterocycles. The molecule has 1 aliphatic carbocycles. The highest BCUT2D eigenvalue weighted by Gasteiger charge is 2.64. The van der Waals surface area contributed by atoms with Gasteiger partial charge in [-0.2, -0.15) is 0 Å². The van der Waals surface area contributed by atoms with Crippen molar-refractivity contribution in [2.24, 2.45) is 0 Å². The molecule has 2 aliphatic rings. The quantitative estimate of drug-likeness (QED) is 0.628. The van der Waals surface area contributed by atoms with Crippen LogP contribution in [0.25, 0.3) is 0 Å². The summed E-state index contributed by atoms with van der Waals surface area (Å²) in [5.41, 5.74) is 2.49. The van der Waals surface area contributed by atoms with Gasteiger partial charge in [-0.25, -0.2) is 4.79 Å². The zero-order chi connectivity index (χ0) is 16.6. The molecule has 1 aliphatic heterocycles. The van der Waals surface area contributed by atoms with E-state index in [-0.39, 0.29) is 12.1 Å². The second kappa shape index (κ2) is 6.06. The first-order chi connectivity index (χ1) is 11.7. The van der Waals surface area contributed by atoms with Gasteiger partial charge in [0.25, 0.3) is 0 Å². The number of epoxide rings is 1. The van der Waals surface area contributed by atoms with Crippen LogP contribution < -0.4 is 0 Å². The Morgan fingerprint density at radius 3 is 2.29 bits per heavy atom. The van der Waals surface area contributed by atoms with Crippen molar-refractivity contribution in [3.63, 3.8) is 0 Å². The monoisotopic (exact) mass is 322 g/mol. The second-order valence-corrected chi connectivity index (χ2v) is 6.81.